The zero-order valence-corrected chi connectivity index (χ0v) is 13.9. The Morgan fingerprint density at radius 2 is 1.77 bits per heavy atom. The number of rotatable bonds is 6. The lowest BCUT2D eigenvalue weighted by Gasteiger charge is -2.30. The first-order valence-electron chi connectivity index (χ1n) is 8.67. The number of aliphatic hydroxyl groups excluding tert-OH is 1. The molecule has 0 bridgehead atoms. The fraction of sp³-hybridized carbons (Fsp3) is 0.882. The van der Waals surface area contributed by atoms with Crippen molar-refractivity contribution in [3.63, 3.8) is 0 Å². The lowest BCUT2D eigenvalue weighted by molar-refractivity contribution is -0.132. The van der Waals surface area contributed by atoms with Crippen LogP contribution in [0, 0.1) is 11.3 Å². The van der Waals surface area contributed by atoms with Gasteiger partial charge in [-0.15, -0.1) is 0 Å². The van der Waals surface area contributed by atoms with Gasteiger partial charge < -0.3 is 15.7 Å². The topological polar surface area (TPSA) is 78.4 Å². The van der Waals surface area contributed by atoms with E-state index in [1.807, 2.05) is 0 Å². The molecule has 5 heteroatoms. The number of carbonyl (C=O) groups excluding carboxylic acids is 2. The molecule has 2 saturated carbocycles. The number of nitrogens with one attached hydrogen (secondary N) is 2. The molecule has 5 nitrogen and oxygen atoms in total. The maximum Gasteiger partial charge on any atom is 0.245 e. The number of hydrogen-bond acceptors (Lipinski definition) is 3. The van der Waals surface area contributed by atoms with E-state index in [1.165, 1.54) is 25.7 Å². The molecule has 0 aromatic carbocycles. The molecule has 2 fully saturated rings. The van der Waals surface area contributed by atoms with Gasteiger partial charge in [0.15, 0.2) is 0 Å². The summed E-state index contributed by atoms with van der Waals surface area (Å²) in [5.74, 6) is -0.343. The fourth-order valence-electron chi connectivity index (χ4n) is 3.19. The third kappa shape index (κ3) is 4.97. The number of hydrogen-bond donors (Lipinski definition) is 3. The molecule has 0 aromatic heterocycles. The summed E-state index contributed by atoms with van der Waals surface area (Å²) >= 11 is 0. The van der Waals surface area contributed by atoms with E-state index in [9.17, 15) is 14.7 Å². The van der Waals surface area contributed by atoms with Gasteiger partial charge in [-0.2, -0.15) is 0 Å². The van der Waals surface area contributed by atoms with Crippen molar-refractivity contribution < 1.29 is 14.7 Å². The molecule has 3 N–H and O–H groups in total. The quantitative estimate of drug-likeness (QED) is 0.654. The summed E-state index contributed by atoms with van der Waals surface area (Å²) in [7, 11) is 0. The second-order valence-corrected chi connectivity index (χ2v) is 7.44. The van der Waals surface area contributed by atoms with Crippen LogP contribution in [0.15, 0.2) is 0 Å². The van der Waals surface area contributed by atoms with Crippen LogP contribution < -0.4 is 10.6 Å². The molecular weight excluding hydrogens is 280 g/mol. The van der Waals surface area contributed by atoms with E-state index >= 15 is 0 Å². The molecule has 2 unspecified atom stereocenters. The van der Waals surface area contributed by atoms with Crippen LogP contribution in [0.5, 0.6) is 0 Å². The average molecular weight is 310 g/mol. The minimum absolute atomic E-state index is 0.0356. The minimum Gasteiger partial charge on any atom is -0.391 e. The van der Waals surface area contributed by atoms with Crippen molar-refractivity contribution in [2.24, 2.45) is 11.3 Å². The van der Waals surface area contributed by atoms with Gasteiger partial charge >= 0.3 is 0 Å². The maximum absolute atomic E-state index is 12.3. The standard InChI is InChI=1S/C17H30N2O3/c1-12(20)14(19-15(21)13-7-8-13)16(22)18-11-17(2)9-5-3-4-6-10-17/h12-14,20H,3-11H2,1-2H3,(H,18,22)(H,19,21). The van der Waals surface area contributed by atoms with Gasteiger partial charge in [-0.05, 0) is 38.0 Å². The molecule has 22 heavy (non-hydrogen) atoms. The van der Waals surface area contributed by atoms with Gasteiger partial charge in [0, 0.05) is 12.5 Å². The second-order valence-electron chi connectivity index (χ2n) is 7.44. The maximum atomic E-state index is 12.3. The summed E-state index contributed by atoms with van der Waals surface area (Å²) in [5.41, 5.74) is 0.135. The summed E-state index contributed by atoms with van der Waals surface area (Å²) in [4.78, 5) is 24.2. The Kier molecular flexibility index (Phi) is 5.84. The molecule has 0 spiro atoms. The van der Waals surface area contributed by atoms with Gasteiger partial charge in [0.05, 0.1) is 6.10 Å². The van der Waals surface area contributed by atoms with E-state index in [0.29, 0.717) is 6.54 Å². The van der Waals surface area contributed by atoms with Crippen molar-refractivity contribution >= 4 is 11.8 Å². The summed E-state index contributed by atoms with van der Waals surface area (Å²) in [6.07, 6.45) is 8.12. The van der Waals surface area contributed by atoms with Gasteiger partial charge in [-0.25, -0.2) is 0 Å². The van der Waals surface area contributed by atoms with Gasteiger partial charge in [0.2, 0.25) is 11.8 Å². The van der Waals surface area contributed by atoms with Crippen LogP contribution in [0.2, 0.25) is 0 Å². The van der Waals surface area contributed by atoms with Crippen LogP contribution in [0.3, 0.4) is 0 Å². The zero-order chi connectivity index (χ0) is 16.2. The molecule has 0 radical (unpaired) electrons. The molecule has 126 valence electrons. The van der Waals surface area contributed by atoms with Gasteiger partial charge in [-0.3, -0.25) is 9.59 Å². The van der Waals surface area contributed by atoms with Crippen molar-refractivity contribution in [1.82, 2.24) is 10.6 Å². The van der Waals surface area contributed by atoms with E-state index in [0.717, 1.165) is 25.7 Å². The SMILES string of the molecule is CC(O)C(NC(=O)C1CC1)C(=O)NCC1(C)CCCCCC1. The molecule has 2 rings (SSSR count). The van der Waals surface area contributed by atoms with Crippen LogP contribution in [0.25, 0.3) is 0 Å². The summed E-state index contributed by atoms with van der Waals surface area (Å²) in [5, 5.41) is 15.4. The predicted octanol–water partition coefficient (Wildman–Crippen LogP) is 1.74. The molecular formula is C17H30N2O3. The van der Waals surface area contributed by atoms with Crippen LogP contribution in [0.1, 0.15) is 65.2 Å². The van der Waals surface area contributed by atoms with E-state index < -0.39 is 12.1 Å². The monoisotopic (exact) mass is 310 g/mol. The number of carbonyl (C=O) groups is 2. The van der Waals surface area contributed by atoms with Crippen LogP contribution >= 0.6 is 0 Å². The smallest absolute Gasteiger partial charge is 0.245 e. The van der Waals surface area contributed by atoms with E-state index in [1.54, 1.807) is 6.92 Å². The highest BCUT2D eigenvalue weighted by Crippen LogP contribution is 2.33. The normalized spacial score (nSPS) is 24.0. The number of amides is 2. The fourth-order valence-corrected chi connectivity index (χ4v) is 3.19. The summed E-state index contributed by atoms with van der Waals surface area (Å²) in [6.45, 7) is 4.39. The van der Waals surface area contributed by atoms with Crippen LogP contribution in [-0.2, 0) is 9.59 Å². The molecule has 2 atom stereocenters. The first-order valence-corrected chi connectivity index (χ1v) is 8.67. The van der Waals surface area contributed by atoms with E-state index in [4.69, 9.17) is 0 Å². The highest BCUT2D eigenvalue weighted by molar-refractivity contribution is 5.89. The first-order chi connectivity index (χ1) is 10.4. The molecule has 0 saturated heterocycles. The summed E-state index contributed by atoms with van der Waals surface area (Å²) in [6, 6.07) is -0.845. The van der Waals surface area contributed by atoms with Gasteiger partial charge in [-0.1, -0.05) is 32.6 Å². The first kappa shape index (κ1) is 17.3. The molecule has 0 aliphatic heterocycles. The van der Waals surface area contributed by atoms with Crippen LogP contribution in [-0.4, -0.2) is 35.6 Å². The van der Waals surface area contributed by atoms with Crippen LogP contribution in [0.4, 0.5) is 0 Å². The van der Waals surface area contributed by atoms with Crippen molar-refractivity contribution in [3.05, 3.63) is 0 Å². The van der Waals surface area contributed by atoms with Crippen molar-refractivity contribution in [2.75, 3.05) is 6.54 Å². The Bertz CT molecular complexity index is 397. The van der Waals surface area contributed by atoms with Gasteiger partial charge in [0.1, 0.15) is 6.04 Å². The van der Waals surface area contributed by atoms with Crippen molar-refractivity contribution in [2.45, 2.75) is 77.4 Å². The van der Waals surface area contributed by atoms with Crippen molar-refractivity contribution in [1.29, 1.82) is 0 Å². The Morgan fingerprint density at radius 1 is 1.18 bits per heavy atom. The summed E-state index contributed by atoms with van der Waals surface area (Å²) < 4.78 is 0. The second kappa shape index (κ2) is 7.44. The molecule has 2 amide bonds. The van der Waals surface area contributed by atoms with E-state index in [2.05, 4.69) is 17.6 Å². The average Bonchev–Trinajstić information content (AvgIpc) is 3.29. The Morgan fingerprint density at radius 3 is 2.27 bits per heavy atom. The lowest BCUT2D eigenvalue weighted by atomic mass is 9.82. The third-order valence-electron chi connectivity index (χ3n) is 5.01. The van der Waals surface area contributed by atoms with Gasteiger partial charge in [0.25, 0.3) is 0 Å². The molecule has 2 aliphatic rings. The minimum atomic E-state index is -0.885. The molecule has 2 aliphatic carbocycles. The zero-order valence-electron chi connectivity index (χ0n) is 13.9. The largest absolute Gasteiger partial charge is 0.391 e. The highest BCUT2D eigenvalue weighted by atomic mass is 16.3. The Labute approximate surface area is 133 Å². The highest BCUT2D eigenvalue weighted by Gasteiger charge is 2.35. The molecule has 0 heterocycles. The van der Waals surface area contributed by atoms with Crippen molar-refractivity contribution in [3.8, 4) is 0 Å². The Hall–Kier alpha value is -1.10. The number of aliphatic hydroxyl groups is 1. The predicted molar refractivity (Wildman–Crippen MR) is 85.2 cm³/mol. The Balaban J connectivity index is 1.85. The molecule has 0 aromatic rings. The van der Waals surface area contributed by atoms with E-state index in [-0.39, 0.29) is 23.1 Å². The lowest BCUT2D eigenvalue weighted by Crippen LogP contribution is -2.54. The third-order valence-corrected chi connectivity index (χ3v) is 5.01.